The van der Waals surface area contributed by atoms with E-state index in [0.29, 0.717) is 6.42 Å². The Morgan fingerprint density at radius 2 is 1.91 bits per heavy atom. The molecule has 1 amide bonds. The van der Waals surface area contributed by atoms with Crippen molar-refractivity contribution in [3.8, 4) is 11.3 Å². The summed E-state index contributed by atoms with van der Waals surface area (Å²) in [7, 11) is 3.71. The summed E-state index contributed by atoms with van der Waals surface area (Å²) in [5.41, 5.74) is 2.30. The maximum Gasteiger partial charge on any atom is 0.221 e. The smallest absolute Gasteiger partial charge is 0.221 e. The number of furan rings is 1. The van der Waals surface area contributed by atoms with Gasteiger partial charge >= 0.3 is 0 Å². The molecular weight excluding hydrogens is 276 g/mol. The quantitative estimate of drug-likeness (QED) is 0.891. The molecule has 1 aromatic heterocycles. The number of rotatable bonds is 6. The summed E-state index contributed by atoms with van der Waals surface area (Å²) in [5, 5.41) is 2.67. The molecule has 0 fully saturated rings. The minimum Gasteiger partial charge on any atom is -0.461 e. The highest BCUT2D eigenvalue weighted by molar-refractivity contribution is 5.76. The molecule has 0 unspecified atom stereocenters. The predicted octanol–water partition coefficient (Wildman–Crippen LogP) is 3.21. The molecule has 22 heavy (non-hydrogen) atoms. The van der Waals surface area contributed by atoms with Gasteiger partial charge in [-0.05, 0) is 38.6 Å². The number of nitrogens with one attached hydrogen (secondary N) is 1. The van der Waals surface area contributed by atoms with Crippen LogP contribution in [0.3, 0.4) is 0 Å². The minimum atomic E-state index is 0.0721. The van der Waals surface area contributed by atoms with E-state index in [-0.39, 0.29) is 11.9 Å². The van der Waals surface area contributed by atoms with E-state index >= 15 is 0 Å². The second kappa shape index (κ2) is 7.27. The van der Waals surface area contributed by atoms with Crippen LogP contribution in [0.1, 0.15) is 24.7 Å². The van der Waals surface area contributed by atoms with Gasteiger partial charge in [-0.3, -0.25) is 9.69 Å². The third kappa shape index (κ3) is 4.21. The van der Waals surface area contributed by atoms with Gasteiger partial charge in [-0.1, -0.05) is 24.3 Å². The summed E-state index contributed by atoms with van der Waals surface area (Å²) in [5.74, 6) is 1.88. The predicted molar refractivity (Wildman–Crippen MR) is 88.5 cm³/mol. The van der Waals surface area contributed by atoms with E-state index in [1.54, 1.807) is 7.05 Å². The van der Waals surface area contributed by atoms with Gasteiger partial charge in [0.2, 0.25) is 5.91 Å². The van der Waals surface area contributed by atoms with Gasteiger partial charge < -0.3 is 9.73 Å². The molecular formula is C18H24N2O2. The van der Waals surface area contributed by atoms with Crippen molar-refractivity contribution in [2.45, 2.75) is 32.9 Å². The molecule has 2 aromatic rings. The van der Waals surface area contributed by atoms with Crippen LogP contribution in [0.2, 0.25) is 0 Å². The summed E-state index contributed by atoms with van der Waals surface area (Å²) >= 11 is 0. The van der Waals surface area contributed by atoms with Gasteiger partial charge in [0, 0.05) is 31.6 Å². The largest absolute Gasteiger partial charge is 0.461 e. The molecule has 0 saturated heterocycles. The Morgan fingerprint density at radius 3 is 2.45 bits per heavy atom. The summed E-state index contributed by atoms with van der Waals surface area (Å²) in [6.07, 6.45) is 0.511. The van der Waals surface area contributed by atoms with Gasteiger partial charge in [0.1, 0.15) is 11.5 Å². The van der Waals surface area contributed by atoms with Crippen LogP contribution < -0.4 is 5.32 Å². The first-order valence-electron chi connectivity index (χ1n) is 7.56. The molecule has 0 bridgehead atoms. The SMILES string of the molecule is CNC(=O)C[C@@H](C)N(C)Cc1ccc(-c2ccc(C)o2)cc1. The zero-order chi connectivity index (χ0) is 16.1. The van der Waals surface area contributed by atoms with Crippen molar-refractivity contribution in [3.05, 3.63) is 47.7 Å². The van der Waals surface area contributed by atoms with E-state index in [4.69, 9.17) is 4.42 Å². The molecule has 0 aliphatic rings. The maximum atomic E-state index is 11.4. The van der Waals surface area contributed by atoms with Crippen molar-refractivity contribution in [1.29, 1.82) is 0 Å². The molecule has 0 aliphatic carbocycles. The van der Waals surface area contributed by atoms with Crippen LogP contribution in [0, 0.1) is 6.92 Å². The average molecular weight is 300 g/mol. The molecule has 4 heteroatoms. The van der Waals surface area contributed by atoms with Crippen LogP contribution in [0.5, 0.6) is 0 Å². The van der Waals surface area contributed by atoms with E-state index in [9.17, 15) is 4.79 Å². The number of aryl methyl sites for hydroxylation is 1. The zero-order valence-electron chi connectivity index (χ0n) is 13.7. The highest BCUT2D eigenvalue weighted by Gasteiger charge is 2.13. The molecule has 1 aromatic carbocycles. The van der Waals surface area contributed by atoms with Crippen LogP contribution in [0.25, 0.3) is 11.3 Å². The minimum absolute atomic E-state index is 0.0721. The van der Waals surface area contributed by atoms with Crippen LogP contribution in [0.4, 0.5) is 0 Å². The average Bonchev–Trinajstić information content (AvgIpc) is 2.94. The lowest BCUT2D eigenvalue weighted by atomic mass is 10.1. The fourth-order valence-electron chi connectivity index (χ4n) is 2.33. The standard InChI is InChI=1S/C18H24N2O2/c1-13(11-18(21)19-3)20(4)12-15-6-8-16(9-7-15)17-10-5-14(2)22-17/h5-10,13H,11-12H2,1-4H3,(H,19,21)/t13-/m1/s1. The van der Waals surface area contributed by atoms with Crippen LogP contribution in [0.15, 0.2) is 40.8 Å². The third-order valence-electron chi connectivity index (χ3n) is 3.92. The Balaban J connectivity index is 1.97. The van der Waals surface area contributed by atoms with E-state index < -0.39 is 0 Å². The molecule has 118 valence electrons. The highest BCUT2D eigenvalue weighted by Crippen LogP contribution is 2.22. The van der Waals surface area contributed by atoms with Gasteiger partial charge in [0.05, 0.1) is 0 Å². The number of carbonyl (C=O) groups is 1. The monoisotopic (exact) mass is 300 g/mol. The molecule has 1 N–H and O–H groups in total. The van der Waals surface area contributed by atoms with Gasteiger partial charge in [0.25, 0.3) is 0 Å². The zero-order valence-corrected chi connectivity index (χ0v) is 13.7. The molecule has 0 saturated carbocycles. The maximum absolute atomic E-state index is 11.4. The van der Waals surface area contributed by atoms with Crippen molar-refractivity contribution < 1.29 is 9.21 Å². The summed E-state index contributed by atoms with van der Waals surface area (Å²) in [4.78, 5) is 13.6. The summed E-state index contributed by atoms with van der Waals surface area (Å²) < 4.78 is 5.63. The van der Waals surface area contributed by atoms with Gasteiger partial charge in [-0.25, -0.2) is 0 Å². The van der Waals surface area contributed by atoms with Crippen molar-refractivity contribution in [3.63, 3.8) is 0 Å². The van der Waals surface area contributed by atoms with Gasteiger partial charge in [-0.15, -0.1) is 0 Å². The topological polar surface area (TPSA) is 45.5 Å². The van der Waals surface area contributed by atoms with Crippen molar-refractivity contribution >= 4 is 5.91 Å². The first kappa shape index (κ1) is 16.3. The lowest BCUT2D eigenvalue weighted by Crippen LogP contribution is -2.33. The summed E-state index contributed by atoms with van der Waals surface area (Å²) in [6, 6.07) is 12.5. The Kier molecular flexibility index (Phi) is 5.39. The van der Waals surface area contributed by atoms with Crippen LogP contribution in [-0.2, 0) is 11.3 Å². The van der Waals surface area contributed by atoms with Crippen molar-refractivity contribution in [2.75, 3.05) is 14.1 Å². The van der Waals surface area contributed by atoms with Gasteiger partial charge in [-0.2, -0.15) is 0 Å². The molecule has 0 spiro atoms. The Morgan fingerprint density at radius 1 is 1.23 bits per heavy atom. The number of hydrogen-bond donors (Lipinski definition) is 1. The number of amides is 1. The second-order valence-electron chi connectivity index (χ2n) is 5.75. The molecule has 1 heterocycles. The number of hydrogen-bond acceptors (Lipinski definition) is 3. The molecule has 0 radical (unpaired) electrons. The van der Waals surface area contributed by atoms with E-state index in [0.717, 1.165) is 23.6 Å². The molecule has 1 atom stereocenters. The Labute approximate surface area is 132 Å². The van der Waals surface area contributed by atoms with Crippen molar-refractivity contribution in [1.82, 2.24) is 10.2 Å². The van der Waals surface area contributed by atoms with E-state index in [2.05, 4.69) is 41.4 Å². The lowest BCUT2D eigenvalue weighted by molar-refractivity contribution is -0.121. The first-order valence-corrected chi connectivity index (χ1v) is 7.56. The van der Waals surface area contributed by atoms with Gasteiger partial charge in [0.15, 0.2) is 0 Å². The third-order valence-corrected chi connectivity index (χ3v) is 3.92. The van der Waals surface area contributed by atoms with E-state index in [1.807, 2.05) is 26.1 Å². The number of carbonyl (C=O) groups excluding carboxylic acids is 1. The van der Waals surface area contributed by atoms with Crippen molar-refractivity contribution in [2.24, 2.45) is 0 Å². The highest BCUT2D eigenvalue weighted by atomic mass is 16.3. The normalized spacial score (nSPS) is 12.4. The number of benzene rings is 1. The Hall–Kier alpha value is -2.07. The molecule has 4 nitrogen and oxygen atoms in total. The fraction of sp³-hybridized carbons (Fsp3) is 0.389. The fourth-order valence-corrected chi connectivity index (χ4v) is 2.33. The Bertz CT molecular complexity index is 616. The molecule has 0 aliphatic heterocycles. The first-order chi connectivity index (χ1) is 10.5. The molecule has 2 rings (SSSR count). The second-order valence-corrected chi connectivity index (χ2v) is 5.75. The number of nitrogens with zero attached hydrogens (tertiary/aromatic N) is 1. The van der Waals surface area contributed by atoms with E-state index in [1.165, 1.54) is 5.56 Å². The summed E-state index contributed by atoms with van der Waals surface area (Å²) in [6.45, 7) is 4.82. The van der Waals surface area contributed by atoms with Crippen LogP contribution >= 0.6 is 0 Å². The lowest BCUT2D eigenvalue weighted by Gasteiger charge is -2.24. The van der Waals surface area contributed by atoms with Crippen LogP contribution in [-0.4, -0.2) is 30.9 Å².